The number of nitrogens with zero attached hydrogens (tertiary/aromatic N) is 1. The van der Waals surface area contributed by atoms with Crippen LogP contribution in [0.1, 0.15) is 23.7 Å². The summed E-state index contributed by atoms with van der Waals surface area (Å²) >= 11 is 0. The number of carbonyl (C=O) groups excluding carboxylic acids is 2. The molecule has 1 heterocycles. The van der Waals surface area contributed by atoms with Crippen LogP contribution in [0.4, 0.5) is 5.69 Å². The summed E-state index contributed by atoms with van der Waals surface area (Å²) in [4.78, 5) is 24.6. The highest BCUT2D eigenvalue weighted by molar-refractivity contribution is 5.94. The highest BCUT2D eigenvalue weighted by Gasteiger charge is 2.14. The van der Waals surface area contributed by atoms with Gasteiger partial charge in [0, 0.05) is 24.3 Å². The Morgan fingerprint density at radius 1 is 1.29 bits per heavy atom. The van der Waals surface area contributed by atoms with Crippen molar-refractivity contribution in [3.8, 4) is 0 Å². The Kier molecular flexibility index (Phi) is 3.42. The normalized spacial score (nSPS) is 16.3. The number of rotatable bonds is 2. The van der Waals surface area contributed by atoms with Crippen LogP contribution in [0.2, 0.25) is 0 Å². The van der Waals surface area contributed by atoms with Gasteiger partial charge in [0.1, 0.15) is 0 Å². The molecular formula is C13H16N2O2. The lowest BCUT2D eigenvalue weighted by Gasteiger charge is -2.21. The number of anilines is 1. The van der Waals surface area contributed by atoms with Crippen LogP contribution in [-0.2, 0) is 4.79 Å². The molecule has 4 nitrogen and oxygen atoms in total. The smallest absolute Gasteiger partial charge is 0.239 e. The van der Waals surface area contributed by atoms with Gasteiger partial charge in [-0.25, -0.2) is 0 Å². The molecule has 1 N–H and O–H groups in total. The second-order valence-corrected chi connectivity index (χ2v) is 4.23. The van der Waals surface area contributed by atoms with Gasteiger partial charge in [0.15, 0.2) is 5.78 Å². The first kappa shape index (κ1) is 11.6. The van der Waals surface area contributed by atoms with E-state index >= 15 is 0 Å². The Morgan fingerprint density at radius 3 is 2.65 bits per heavy atom. The van der Waals surface area contributed by atoms with Gasteiger partial charge < -0.3 is 10.2 Å². The average molecular weight is 232 g/mol. The molecule has 4 heteroatoms. The van der Waals surface area contributed by atoms with Gasteiger partial charge in [0.2, 0.25) is 5.91 Å². The Morgan fingerprint density at radius 2 is 2.00 bits per heavy atom. The quantitative estimate of drug-likeness (QED) is 0.780. The van der Waals surface area contributed by atoms with Crippen molar-refractivity contribution >= 4 is 17.4 Å². The predicted molar refractivity (Wildman–Crippen MR) is 66.3 cm³/mol. The molecular weight excluding hydrogens is 216 g/mol. The maximum atomic E-state index is 11.4. The maximum Gasteiger partial charge on any atom is 0.239 e. The Hall–Kier alpha value is -1.84. The molecule has 0 bridgehead atoms. The van der Waals surface area contributed by atoms with E-state index in [0.29, 0.717) is 12.1 Å². The molecule has 1 saturated heterocycles. The van der Waals surface area contributed by atoms with Crippen molar-refractivity contribution in [2.75, 3.05) is 24.5 Å². The van der Waals surface area contributed by atoms with Crippen molar-refractivity contribution in [2.45, 2.75) is 13.3 Å². The topological polar surface area (TPSA) is 49.4 Å². The molecule has 1 amide bonds. The van der Waals surface area contributed by atoms with Crippen molar-refractivity contribution in [1.82, 2.24) is 5.32 Å². The maximum absolute atomic E-state index is 11.4. The molecule has 0 atom stereocenters. The lowest BCUT2D eigenvalue weighted by molar-refractivity contribution is -0.119. The van der Waals surface area contributed by atoms with E-state index in [2.05, 4.69) is 5.32 Å². The van der Waals surface area contributed by atoms with E-state index in [1.165, 1.54) is 0 Å². The first-order valence-electron chi connectivity index (χ1n) is 5.79. The SMILES string of the molecule is CC(=O)c1ccc(N2CCCNC(=O)C2)cc1. The zero-order valence-corrected chi connectivity index (χ0v) is 9.90. The molecule has 1 aromatic carbocycles. The van der Waals surface area contributed by atoms with Crippen LogP contribution >= 0.6 is 0 Å². The summed E-state index contributed by atoms with van der Waals surface area (Å²) in [5, 5.41) is 2.84. The van der Waals surface area contributed by atoms with E-state index in [1.807, 2.05) is 17.0 Å². The molecule has 2 rings (SSSR count). The fraction of sp³-hybridized carbons (Fsp3) is 0.385. The second-order valence-electron chi connectivity index (χ2n) is 4.23. The molecule has 0 spiro atoms. The molecule has 1 aliphatic rings. The molecule has 0 unspecified atom stereocenters. The minimum atomic E-state index is 0.0538. The number of amides is 1. The monoisotopic (exact) mass is 232 g/mol. The van der Waals surface area contributed by atoms with Gasteiger partial charge in [-0.3, -0.25) is 9.59 Å². The number of Topliss-reactive ketones (excluding diaryl/α,β-unsaturated/α-hetero) is 1. The van der Waals surface area contributed by atoms with Gasteiger partial charge in [-0.1, -0.05) is 0 Å². The number of hydrogen-bond donors (Lipinski definition) is 1. The van der Waals surface area contributed by atoms with E-state index in [-0.39, 0.29) is 11.7 Å². The van der Waals surface area contributed by atoms with Gasteiger partial charge in [-0.05, 0) is 37.6 Å². The summed E-state index contributed by atoms with van der Waals surface area (Å²) < 4.78 is 0. The third-order valence-electron chi connectivity index (χ3n) is 2.90. The summed E-state index contributed by atoms with van der Waals surface area (Å²) in [6, 6.07) is 7.41. The van der Waals surface area contributed by atoms with Crippen LogP contribution in [0.3, 0.4) is 0 Å². The van der Waals surface area contributed by atoms with Crippen LogP contribution in [0, 0.1) is 0 Å². The molecule has 1 aromatic rings. The number of ketones is 1. The van der Waals surface area contributed by atoms with Gasteiger partial charge in [0.25, 0.3) is 0 Å². The fourth-order valence-electron chi connectivity index (χ4n) is 1.93. The number of benzene rings is 1. The average Bonchev–Trinajstić information content (AvgIpc) is 2.54. The number of carbonyl (C=O) groups is 2. The third-order valence-corrected chi connectivity index (χ3v) is 2.90. The zero-order chi connectivity index (χ0) is 12.3. The summed E-state index contributed by atoms with van der Waals surface area (Å²) in [6.45, 7) is 3.53. The summed E-state index contributed by atoms with van der Waals surface area (Å²) in [7, 11) is 0. The largest absolute Gasteiger partial charge is 0.362 e. The first-order chi connectivity index (χ1) is 8.16. The van der Waals surface area contributed by atoms with Crippen molar-refractivity contribution < 1.29 is 9.59 Å². The predicted octanol–water partition coefficient (Wildman–Crippen LogP) is 1.22. The van der Waals surface area contributed by atoms with Crippen molar-refractivity contribution in [1.29, 1.82) is 0 Å². The Balaban J connectivity index is 2.15. The van der Waals surface area contributed by atoms with Crippen LogP contribution < -0.4 is 10.2 Å². The van der Waals surface area contributed by atoms with E-state index in [9.17, 15) is 9.59 Å². The van der Waals surface area contributed by atoms with E-state index < -0.39 is 0 Å². The third kappa shape index (κ3) is 2.84. The molecule has 17 heavy (non-hydrogen) atoms. The van der Waals surface area contributed by atoms with E-state index in [1.54, 1.807) is 19.1 Å². The molecule has 0 aromatic heterocycles. The minimum absolute atomic E-state index is 0.0538. The zero-order valence-electron chi connectivity index (χ0n) is 9.90. The standard InChI is InChI=1S/C13H16N2O2/c1-10(16)11-3-5-12(6-4-11)15-8-2-7-14-13(17)9-15/h3-6H,2,7-9H2,1H3,(H,14,17). The summed E-state index contributed by atoms with van der Waals surface area (Å²) in [5.74, 6) is 0.114. The van der Waals surface area contributed by atoms with Crippen LogP contribution in [0.5, 0.6) is 0 Å². The summed E-state index contributed by atoms with van der Waals surface area (Å²) in [5.41, 5.74) is 1.69. The molecule has 0 aliphatic carbocycles. The van der Waals surface area contributed by atoms with Gasteiger partial charge >= 0.3 is 0 Å². The minimum Gasteiger partial charge on any atom is -0.362 e. The Bertz CT molecular complexity index is 426. The number of nitrogens with one attached hydrogen (secondary N) is 1. The second kappa shape index (κ2) is 4.99. The molecule has 1 fully saturated rings. The van der Waals surface area contributed by atoms with Crippen LogP contribution in [-0.4, -0.2) is 31.3 Å². The van der Waals surface area contributed by atoms with Crippen molar-refractivity contribution in [3.05, 3.63) is 29.8 Å². The summed E-state index contributed by atoms with van der Waals surface area (Å²) in [6.07, 6.45) is 0.945. The van der Waals surface area contributed by atoms with Crippen LogP contribution in [0.15, 0.2) is 24.3 Å². The lowest BCUT2D eigenvalue weighted by atomic mass is 10.1. The fourth-order valence-corrected chi connectivity index (χ4v) is 1.93. The van der Waals surface area contributed by atoms with Gasteiger partial charge in [-0.2, -0.15) is 0 Å². The van der Waals surface area contributed by atoms with Crippen molar-refractivity contribution in [3.63, 3.8) is 0 Å². The van der Waals surface area contributed by atoms with Crippen LogP contribution in [0.25, 0.3) is 0 Å². The Labute approximate surface area is 101 Å². The van der Waals surface area contributed by atoms with E-state index in [0.717, 1.165) is 25.2 Å². The molecule has 1 aliphatic heterocycles. The molecule has 0 radical (unpaired) electrons. The number of hydrogen-bond acceptors (Lipinski definition) is 3. The van der Waals surface area contributed by atoms with Crippen molar-refractivity contribution in [2.24, 2.45) is 0 Å². The molecule has 0 saturated carbocycles. The first-order valence-corrected chi connectivity index (χ1v) is 5.79. The lowest BCUT2D eigenvalue weighted by Crippen LogP contribution is -2.32. The van der Waals surface area contributed by atoms with Gasteiger partial charge in [0.05, 0.1) is 6.54 Å². The highest BCUT2D eigenvalue weighted by Crippen LogP contribution is 2.16. The molecule has 90 valence electrons. The van der Waals surface area contributed by atoms with Gasteiger partial charge in [-0.15, -0.1) is 0 Å². The highest BCUT2D eigenvalue weighted by atomic mass is 16.2. The van der Waals surface area contributed by atoms with E-state index in [4.69, 9.17) is 0 Å².